The molecule has 23 heavy (non-hydrogen) atoms. The van der Waals surface area contributed by atoms with Gasteiger partial charge in [0, 0.05) is 9.90 Å². The molecule has 0 fully saturated rings. The van der Waals surface area contributed by atoms with E-state index in [-0.39, 0.29) is 16.3 Å². The molecular weight excluding hydrogens is 355 g/mol. The van der Waals surface area contributed by atoms with Gasteiger partial charge in [-0.15, -0.1) is 11.3 Å². The SMILES string of the molecule is COc1c(Cl)cc(Cl)cc1C(=O)Nc1sc2c(c1C#N)CCC2. The molecule has 0 unspecified atom stereocenters. The van der Waals surface area contributed by atoms with E-state index in [1.165, 1.54) is 35.5 Å². The number of nitrogens with one attached hydrogen (secondary N) is 1. The fraction of sp³-hybridized carbons (Fsp3) is 0.250. The maximum atomic E-state index is 12.6. The van der Waals surface area contributed by atoms with Crippen molar-refractivity contribution in [3.8, 4) is 11.8 Å². The Balaban J connectivity index is 1.96. The van der Waals surface area contributed by atoms with Crippen LogP contribution in [0.15, 0.2) is 12.1 Å². The number of carbonyl (C=O) groups is 1. The lowest BCUT2D eigenvalue weighted by atomic mass is 10.1. The topological polar surface area (TPSA) is 62.1 Å². The Labute approximate surface area is 147 Å². The minimum Gasteiger partial charge on any atom is -0.494 e. The van der Waals surface area contributed by atoms with Crippen molar-refractivity contribution in [2.45, 2.75) is 19.3 Å². The molecule has 1 aromatic carbocycles. The highest BCUT2D eigenvalue weighted by Crippen LogP contribution is 2.39. The first-order valence-corrected chi connectivity index (χ1v) is 8.51. The predicted octanol–water partition coefficient (Wildman–Crippen LogP) is 4.68. The number of nitriles is 1. The van der Waals surface area contributed by atoms with Crippen LogP contribution in [0.4, 0.5) is 5.00 Å². The molecule has 0 bridgehead atoms. The molecule has 2 aromatic rings. The number of thiophene rings is 1. The monoisotopic (exact) mass is 366 g/mol. The summed E-state index contributed by atoms with van der Waals surface area (Å²) in [5.74, 6) is -0.140. The molecule has 7 heteroatoms. The van der Waals surface area contributed by atoms with Crippen LogP contribution >= 0.6 is 34.5 Å². The van der Waals surface area contributed by atoms with E-state index in [2.05, 4.69) is 11.4 Å². The first-order valence-electron chi connectivity index (χ1n) is 6.94. The van der Waals surface area contributed by atoms with Crippen molar-refractivity contribution in [1.29, 1.82) is 5.26 Å². The van der Waals surface area contributed by atoms with E-state index in [4.69, 9.17) is 27.9 Å². The molecule has 0 radical (unpaired) electrons. The van der Waals surface area contributed by atoms with Gasteiger partial charge in [0.1, 0.15) is 16.8 Å². The van der Waals surface area contributed by atoms with Gasteiger partial charge in [-0.2, -0.15) is 5.26 Å². The summed E-state index contributed by atoms with van der Waals surface area (Å²) >= 11 is 13.5. The van der Waals surface area contributed by atoms with Crippen LogP contribution in [0.1, 0.15) is 32.8 Å². The Kier molecular flexibility index (Phi) is 4.49. The average Bonchev–Trinajstić information content (AvgIpc) is 3.06. The second-order valence-electron chi connectivity index (χ2n) is 5.10. The Morgan fingerprint density at radius 1 is 1.39 bits per heavy atom. The van der Waals surface area contributed by atoms with E-state index in [0.29, 0.717) is 15.6 Å². The number of carbonyl (C=O) groups excluding carboxylic acids is 1. The number of nitrogens with zero attached hydrogens (tertiary/aromatic N) is 1. The van der Waals surface area contributed by atoms with Crippen molar-refractivity contribution < 1.29 is 9.53 Å². The fourth-order valence-electron chi connectivity index (χ4n) is 2.72. The van der Waals surface area contributed by atoms with Crippen LogP contribution in [-0.4, -0.2) is 13.0 Å². The zero-order chi connectivity index (χ0) is 16.6. The van der Waals surface area contributed by atoms with Crippen LogP contribution in [0.3, 0.4) is 0 Å². The maximum absolute atomic E-state index is 12.6. The summed E-state index contributed by atoms with van der Waals surface area (Å²) in [6.07, 6.45) is 2.90. The first-order chi connectivity index (χ1) is 11.0. The van der Waals surface area contributed by atoms with Crippen molar-refractivity contribution in [2.24, 2.45) is 0 Å². The lowest BCUT2D eigenvalue weighted by Gasteiger charge is -2.11. The van der Waals surface area contributed by atoms with Crippen LogP contribution in [0, 0.1) is 11.3 Å². The molecule has 1 aliphatic carbocycles. The van der Waals surface area contributed by atoms with E-state index in [0.717, 1.165) is 24.8 Å². The number of methoxy groups -OCH3 is 1. The van der Waals surface area contributed by atoms with Crippen molar-refractivity contribution in [3.63, 3.8) is 0 Å². The molecule has 0 saturated carbocycles. The van der Waals surface area contributed by atoms with E-state index in [1.807, 2.05) is 0 Å². The van der Waals surface area contributed by atoms with Crippen molar-refractivity contribution in [1.82, 2.24) is 0 Å². The average molecular weight is 367 g/mol. The highest BCUT2D eigenvalue weighted by molar-refractivity contribution is 7.16. The first kappa shape index (κ1) is 16.1. The number of hydrogen-bond donors (Lipinski definition) is 1. The number of ether oxygens (including phenoxy) is 1. The maximum Gasteiger partial charge on any atom is 0.260 e. The highest BCUT2D eigenvalue weighted by Gasteiger charge is 2.24. The standard InChI is InChI=1S/C16H12Cl2N2O2S/c1-22-14-10(5-8(17)6-12(14)18)15(21)20-16-11(7-19)9-3-2-4-13(9)23-16/h5-6H,2-4H2,1H3,(H,20,21). The second kappa shape index (κ2) is 6.40. The van der Waals surface area contributed by atoms with Gasteiger partial charge < -0.3 is 10.1 Å². The van der Waals surface area contributed by atoms with Gasteiger partial charge in [0.25, 0.3) is 5.91 Å². The van der Waals surface area contributed by atoms with Crippen molar-refractivity contribution in [3.05, 3.63) is 43.7 Å². The minimum absolute atomic E-state index is 0.238. The zero-order valence-electron chi connectivity index (χ0n) is 12.2. The molecule has 1 aliphatic rings. The summed E-state index contributed by atoms with van der Waals surface area (Å²) in [7, 11) is 1.44. The highest BCUT2D eigenvalue weighted by atomic mass is 35.5. The molecule has 0 aliphatic heterocycles. The van der Waals surface area contributed by atoms with Crippen molar-refractivity contribution in [2.75, 3.05) is 12.4 Å². The van der Waals surface area contributed by atoms with E-state index in [9.17, 15) is 10.1 Å². The van der Waals surface area contributed by atoms with Gasteiger partial charge in [0.15, 0.2) is 0 Å². The van der Waals surface area contributed by atoms with Gasteiger partial charge >= 0.3 is 0 Å². The van der Waals surface area contributed by atoms with Gasteiger partial charge in [-0.25, -0.2) is 0 Å². The van der Waals surface area contributed by atoms with Crippen LogP contribution in [0.5, 0.6) is 5.75 Å². The molecular formula is C16H12Cl2N2O2S. The predicted molar refractivity (Wildman–Crippen MR) is 92.0 cm³/mol. The molecule has 1 amide bonds. The van der Waals surface area contributed by atoms with Crippen molar-refractivity contribution >= 4 is 45.4 Å². The number of fused-ring (bicyclic) bond motifs is 1. The Morgan fingerprint density at radius 2 is 2.17 bits per heavy atom. The molecule has 0 spiro atoms. The molecule has 3 rings (SSSR count). The van der Waals surface area contributed by atoms with Crippen LogP contribution in [-0.2, 0) is 12.8 Å². The number of rotatable bonds is 3. The summed E-state index contributed by atoms with van der Waals surface area (Å²) < 4.78 is 5.19. The molecule has 4 nitrogen and oxygen atoms in total. The van der Waals surface area contributed by atoms with Gasteiger partial charge in [-0.05, 0) is 37.0 Å². The Hall–Kier alpha value is -1.74. The van der Waals surface area contributed by atoms with Gasteiger partial charge in [0.05, 0.1) is 23.3 Å². The number of benzene rings is 1. The fourth-order valence-corrected chi connectivity index (χ4v) is 4.52. The lowest BCUT2D eigenvalue weighted by molar-refractivity contribution is 0.102. The summed E-state index contributed by atoms with van der Waals surface area (Å²) in [6.45, 7) is 0. The third-order valence-corrected chi connectivity index (χ3v) is 5.42. The van der Waals surface area contributed by atoms with E-state index < -0.39 is 5.91 Å². The summed E-state index contributed by atoms with van der Waals surface area (Å²) in [6, 6.07) is 5.20. The number of anilines is 1. The van der Waals surface area contributed by atoms with Gasteiger partial charge in [0.2, 0.25) is 0 Å². The summed E-state index contributed by atoms with van der Waals surface area (Å²) in [5, 5.41) is 13.4. The van der Waals surface area contributed by atoms with Gasteiger partial charge in [-0.1, -0.05) is 23.2 Å². The minimum atomic E-state index is -0.400. The van der Waals surface area contributed by atoms with E-state index in [1.54, 1.807) is 0 Å². The molecule has 0 saturated heterocycles. The normalized spacial score (nSPS) is 12.6. The Bertz CT molecular complexity index is 840. The summed E-state index contributed by atoms with van der Waals surface area (Å²) in [5.41, 5.74) is 1.86. The number of aryl methyl sites for hydroxylation is 1. The lowest BCUT2D eigenvalue weighted by Crippen LogP contribution is -2.13. The zero-order valence-corrected chi connectivity index (χ0v) is 14.5. The number of halogens is 2. The molecule has 1 aromatic heterocycles. The largest absolute Gasteiger partial charge is 0.494 e. The molecule has 1 N–H and O–H groups in total. The van der Waals surface area contributed by atoms with Crippen LogP contribution in [0.25, 0.3) is 0 Å². The molecule has 118 valence electrons. The summed E-state index contributed by atoms with van der Waals surface area (Å²) in [4.78, 5) is 13.8. The molecule has 1 heterocycles. The Morgan fingerprint density at radius 3 is 2.87 bits per heavy atom. The van der Waals surface area contributed by atoms with Crippen LogP contribution in [0.2, 0.25) is 10.0 Å². The quantitative estimate of drug-likeness (QED) is 0.857. The second-order valence-corrected chi connectivity index (χ2v) is 7.04. The number of hydrogen-bond acceptors (Lipinski definition) is 4. The number of amides is 1. The molecule has 0 atom stereocenters. The smallest absolute Gasteiger partial charge is 0.260 e. The third-order valence-electron chi connectivity index (χ3n) is 3.72. The van der Waals surface area contributed by atoms with Crippen LogP contribution < -0.4 is 10.1 Å². The third kappa shape index (κ3) is 2.90. The van der Waals surface area contributed by atoms with Gasteiger partial charge in [-0.3, -0.25) is 4.79 Å². The van der Waals surface area contributed by atoms with E-state index >= 15 is 0 Å².